The van der Waals surface area contributed by atoms with Crippen molar-refractivity contribution in [2.24, 2.45) is 0 Å². The van der Waals surface area contributed by atoms with E-state index in [0.29, 0.717) is 25.3 Å². The fourth-order valence-electron chi connectivity index (χ4n) is 3.63. The number of fused-ring (bicyclic) bond motifs is 3. The van der Waals surface area contributed by atoms with Crippen LogP contribution in [-0.4, -0.2) is 17.9 Å². The standard InChI is InChI=1S/C23H21NO2/c1-26-16-19-10-4-7-13-22(19)23(25)24-14-17-8-2-5-11-20(17)21-12-6-3-9-18(21)15-24/h2-13H,14-16H2,1H3. The first-order valence-corrected chi connectivity index (χ1v) is 8.80. The number of nitrogens with zero attached hydrogens (tertiary/aromatic N) is 1. The number of hydrogen-bond donors (Lipinski definition) is 0. The maximum Gasteiger partial charge on any atom is 0.254 e. The Kier molecular flexibility index (Phi) is 4.55. The highest BCUT2D eigenvalue weighted by Crippen LogP contribution is 2.33. The summed E-state index contributed by atoms with van der Waals surface area (Å²) in [6.07, 6.45) is 0. The summed E-state index contributed by atoms with van der Waals surface area (Å²) >= 11 is 0. The van der Waals surface area contributed by atoms with Crippen LogP contribution in [0.3, 0.4) is 0 Å². The molecule has 3 heteroatoms. The fraction of sp³-hybridized carbons (Fsp3) is 0.174. The molecule has 3 nitrogen and oxygen atoms in total. The summed E-state index contributed by atoms with van der Waals surface area (Å²) in [6, 6.07) is 24.4. The van der Waals surface area contributed by atoms with Crippen LogP contribution in [0.2, 0.25) is 0 Å². The number of carbonyl (C=O) groups is 1. The molecule has 1 aliphatic rings. The second-order valence-corrected chi connectivity index (χ2v) is 6.57. The summed E-state index contributed by atoms with van der Waals surface area (Å²) in [5.74, 6) is 0.0455. The first-order chi connectivity index (χ1) is 12.8. The molecule has 0 N–H and O–H groups in total. The molecule has 0 unspecified atom stereocenters. The van der Waals surface area contributed by atoms with Crippen molar-refractivity contribution in [3.8, 4) is 11.1 Å². The molecule has 130 valence electrons. The van der Waals surface area contributed by atoms with E-state index in [2.05, 4.69) is 36.4 Å². The highest BCUT2D eigenvalue weighted by atomic mass is 16.5. The van der Waals surface area contributed by atoms with Crippen LogP contribution >= 0.6 is 0 Å². The quantitative estimate of drug-likeness (QED) is 0.692. The molecule has 1 amide bonds. The van der Waals surface area contributed by atoms with E-state index in [9.17, 15) is 4.79 Å². The molecule has 0 spiro atoms. The maximum absolute atomic E-state index is 13.3. The largest absolute Gasteiger partial charge is 0.380 e. The molecule has 4 rings (SSSR count). The van der Waals surface area contributed by atoms with Crippen molar-refractivity contribution in [1.29, 1.82) is 0 Å². The summed E-state index contributed by atoms with van der Waals surface area (Å²) in [5.41, 5.74) is 6.41. The number of ether oxygens (including phenoxy) is 1. The third kappa shape index (κ3) is 3.02. The second-order valence-electron chi connectivity index (χ2n) is 6.57. The Morgan fingerprint density at radius 3 is 2.00 bits per heavy atom. The Morgan fingerprint density at radius 2 is 1.38 bits per heavy atom. The van der Waals surface area contributed by atoms with Crippen molar-refractivity contribution in [2.45, 2.75) is 19.7 Å². The average molecular weight is 343 g/mol. The van der Waals surface area contributed by atoms with Gasteiger partial charge in [0, 0.05) is 25.8 Å². The molecule has 1 aliphatic heterocycles. The zero-order chi connectivity index (χ0) is 17.9. The summed E-state index contributed by atoms with van der Waals surface area (Å²) in [5, 5.41) is 0. The number of carbonyl (C=O) groups excluding carboxylic acids is 1. The smallest absolute Gasteiger partial charge is 0.254 e. The van der Waals surface area contributed by atoms with E-state index in [1.807, 2.05) is 41.3 Å². The zero-order valence-corrected chi connectivity index (χ0v) is 14.8. The van der Waals surface area contributed by atoms with Gasteiger partial charge in [0.1, 0.15) is 0 Å². The van der Waals surface area contributed by atoms with Crippen molar-refractivity contribution in [3.05, 3.63) is 95.1 Å². The minimum atomic E-state index is 0.0455. The van der Waals surface area contributed by atoms with E-state index in [1.165, 1.54) is 22.3 Å². The topological polar surface area (TPSA) is 29.5 Å². The molecular weight excluding hydrogens is 322 g/mol. The van der Waals surface area contributed by atoms with E-state index in [1.54, 1.807) is 7.11 Å². The van der Waals surface area contributed by atoms with Gasteiger partial charge in [0.15, 0.2) is 0 Å². The zero-order valence-electron chi connectivity index (χ0n) is 14.8. The molecule has 0 bridgehead atoms. The van der Waals surface area contributed by atoms with Crippen molar-refractivity contribution in [1.82, 2.24) is 4.90 Å². The van der Waals surface area contributed by atoms with E-state index < -0.39 is 0 Å². The third-order valence-corrected chi connectivity index (χ3v) is 4.88. The molecule has 0 aliphatic carbocycles. The molecule has 0 aromatic heterocycles. The minimum Gasteiger partial charge on any atom is -0.380 e. The van der Waals surface area contributed by atoms with Crippen LogP contribution in [0.1, 0.15) is 27.0 Å². The van der Waals surface area contributed by atoms with Gasteiger partial charge in [0.2, 0.25) is 0 Å². The normalized spacial score (nSPS) is 12.9. The highest BCUT2D eigenvalue weighted by Gasteiger charge is 2.24. The first kappa shape index (κ1) is 16.6. The summed E-state index contributed by atoms with van der Waals surface area (Å²) in [7, 11) is 1.65. The van der Waals surface area contributed by atoms with Crippen LogP contribution in [-0.2, 0) is 24.4 Å². The van der Waals surface area contributed by atoms with Crippen LogP contribution in [0.5, 0.6) is 0 Å². The van der Waals surface area contributed by atoms with Gasteiger partial charge < -0.3 is 9.64 Å². The van der Waals surface area contributed by atoms with Crippen LogP contribution in [0, 0.1) is 0 Å². The molecule has 0 atom stereocenters. The van der Waals surface area contributed by atoms with Gasteiger partial charge in [-0.2, -0.15) is 0 Å². The molecule has 0 fully saturated rings. The molecule has 3 aromatic rings. The molecule has 0 radical (unpaired) electrons. The monoisotopic (exact) mass is 343 g/mol. The van der Waals surface area contributed by atoms with Crippen LogP contribution in [0.15, 0.2) is 72.8 Å². The number of benzene rings is 3. The highest BCUT2D eigenvalue weighted by molar-refractivity contribution is 5.96. The van der Waals surface area contributed by atoms with E-state index in [-0.39, 0.29) is 5.91 Å². The predicted octanol–water partition coefficient (Wildman–Crippen LogP) is 4.66. The van der Waals surface area contributed by atoms with Crippen molar-refractivity contribution in [2.75, 3.05) is 7.11 Å². The molecular formula is C23H21NO2. The number of methoxy groups -OCH3 is 1. The van der Waals surface area contributed by atoms with E-state index in [4.69, 9.17) is 4.74 Å². The fourth-order valence-corrected chi connectivity index (χ4v) is 3.63. The van der Waals surface area contributed by atoms with Gasteiger partial charge >= 0.3 is 0 Å². The SMILES string of the molecule is COCc1ccccc1C(=O)N1Cc2ccccc2-c2ccccc2C1. The summed E-state index contributed by atoms with van der Waals surface area (Å²) in [4.78, 5) is 15.3. The number of amides is 1. The van der Waals surface area contributed by atoms with Gasteiger partial charge in [-0.25, -0.2) is 0 Å². The molecule has 3 aromatic carbocycles. The number of rotatable bonds is 3. The van der Waals surface area contributed by atoms with Crippen LogP contribution in [0.4, 0.5) is 0 Å². The second kappa shape index (κ2) is 7.14. The lowest BCUT2D eigenvalue weighted by Gasteiger charge is -2.23. The van der Waals surface area contributed by atoms with Crippen molar-refractivity contribution >= 4 is 5.91 Å². The molecule has 1 heterocycles. The molecule has 26 heavy (non-hydrogen) atoms. The Morgan fingerprint density at radius 1 is 0.846 bits per heavy atom. The van der Waals surface area contributed by atoms with Gasteiger partial charge in [0.05, 0.1) is 6.61 Å². The summed E-state index contributed by atoms with van der Waals surface area (Å²) in [6.45, 7) is 1.64. The lowest BCUT2D eigenvalue weighted by atomic mass is 9.97. The van der Waals surface area contributed by atoms with E-state index in [0.717, 1.165) is 5.56 Å². The number of hydrogen-bond acceptors (Lipinski definition) is 2. The average Bonchev–Trinajstić information content (AvgIpc) is 2.85. The van der Waals surface area contributed by atoms with Crippen molar-refractivity contribution in [3.63, 3.8) is 0 Å². The lowest BCUT2D eigenvalue weighted by Crippen LogP contribution is -2.30. The molecule has 0 saturated heterocycles. The van der Waals surface area contributed by atoms with Gasteiger partial charge in [-0.3, -0.25) is 4.79 Å². The minimum absolute atomic E-state index is 0.0455. The summed E-state index contributed by atoms with van der Waals surface area (Å²) < 4.78 is 5.27. The van der Waals surface area contributed by atoms with Crippen molar-refractivity contribution < 1.29 is 9.53 Å². The Bertz CT molecular complexity index is 901. The predicted molar refractivity (Wildman–Crippen MR) is 103 cm³/mol. The Hall–Kier alpha value is -2.91. The van der Waals surface area contributed by atoms with Crippen LogP contribution < -0.4 is 0 Å². The lowest BCUT2D eigenvalue weighted by molar-refractivity contribution is 0.0727. The Balaban J connectivity index is 1.77. The Labute approximate surface area is 153 Å². The maximum atomic E-state index is 13.3. The van der Waals surface area contributed by atoms with Gasteiger partial charge in [-0.1, -0.05) is 66.7 Å². The first-order valence-electron chi connectivity index (χ1n) is 8.80. The van der Waals surface area contributed by atoms with Crippen LogP contribution in [0.25, 0.3) is 11.1 Å². The van der Waals surface area contributed by atoms with Gasteiger partial charge in [-0.15, -0.1) is 0 Å². The third-order valence-electron chi connectivity index (χ3n) is 4.88. The van der Waals surface area contributed by atoms with E-state index >= 15 is 0 Å². The van der Waals surface area contributed by atoms with Gasteiger partial charge in [-0.05, 0) is 33.9 Å². The molecule has 0 saturated carbocycles. The van der Waals surface area contributed by atoms with Gasteiger partial charge in [0.25, 0.3) is 5.91 Å².